The van der Waals surface area contributed by atoms with E-state index in [0.717, 1.165) is 30.1 Å². The minimum Gasteiger partial charge on any atom is -0.492 e. The van der Waals surface area contributed by atoms with E-state index in [4.69, 9.17) is 9.15 Å². The van der Waals surface area contributed by atoms with Crippen LogP contribution < -0.4 is 4.74 Å². The molecule has 0 unspecified atom stereocenters. The van der Waals surface area contributed by atoms with Gasteiger partial charge in [-0.3, -0.25) is 4.90 Å². The fraction of sp³-hybridized carbons (Fsp3) is 0.286. The molecule has 1 heterocycles. The zero-order chi connectivity index (χ0) is 17.6. The molecule has 0 atom stereocenters. The number of hydrogen-bond donors (Lipinski definition) is 0. The first-order chi connectivity index (χ1) is 12.1. The molecule has 3 aromatic rings. The van der Waals surface area contributed by atoms with Crippen LogP contribution in [-0.2, 0) is 6.54 Å². The highest BCUT2D eigenvalue weighted by Gasteiger charge is 2.08. The van der Waals surface area contributed by atoms with Crippen molar-refractivity contribution in [3.8, 4) is 17.2 Å². The number of benzene rings is 2. The van der Waals surface area contributed by atoms with Gasteiger partial charge in [-0.1, -0.05) is 24.3 Å². The van der Waals surface area contributed by atoms with Crippen molar-refractivity contribution in [2.75, 3.05) is 20.2 Å². The Kier molecular flexibility index (Phi) is 5.51. The van der Waals surface area contributed by atoms with E-state index >= 15 is 0 Å². The first kappa shape index (κ1) is 17.2. The molecule has 3 rings (SSSR count). The van der Waals surface area contributed by atoms with Crippen LogP contribution in [0.5, 0.6) is 5.75 Å². The number of oxazole rings is 1. The summed E-state index contributed by atoms with van der Waals surface area (Å²) >= 11 is 0. The first-order valence-corrected chi connectivity index (χ1v) is 8.49. The Bertz CT molecular complexity index is 792. The fourth-order valence-corrected chi connectivity index (χ4v) is 2.78. The van der Waals surface area contributed by atoms with Crippen LogP contribution >= 0.6 is 0 Å². The van der Waals surface area contributed by atoms with Crippen LogP contribution in [0, 0.1) is 13.8 Å². The Balaban J connectivity index is 1.49. The third-order valence-electron chi connectivity index (χ3n) is 3.94. The molecule has 0 fully saturated rings. The Morgan fingerprint density at radius 2 is 1.76 bits per heavy atom. The third kappa shape index (κ3) is 4.94. The molecule has 0 N–H and O–H groups in total. The highest BCUT2D eigenvalue weighted by molar-refractivity contribution is 5.52. The molecule has 0 radical (unpaired) electrons. The van der Waals surface area contributed by atoms with Crippen molar-refractivity contribution in [3.63, 3.8) is 0 Å². The largest absolute Gasteiger partial charge is 0.492 e. The van der Waals surface area contributed by atoms with Gasteiger partial charge >= 0.3 is 0 Å². The Labute approximate surface area is 149 Å². The van der Waals surface area contributed by atoms with E-state index in [1.807, 2.05) is 30.3 Å². The molecule has 0 bridgehead atoms. The molecule has 1 aromatic heterocycles. The number of likely N-dealkylation sites (N-methyl/N-ethyl adjacent to an activating group) is 1. The third-order valence-corrected chi connectivity index (χ3v) is 3.94. The molecule has 25 heavy (non-hydrogen) atoms. The quantitative estimate of drug-likeness (QED) is 0.638. The van der Waals surface area contributed by atoms with E-state index in [-0.39, 0.29) is 0 Å². The molecule has 130 valence electrons. The number of nitrogens with zero attached hydrogens (tertiary/aromatic N) is 2. The Hall–Kier alpha value is -2.59. The van der Waals surface area contributed by atoms with Crippen LogP contribution in [0.1, 0.15) is 16.8 Å². The number of rotatable bonds is 7. The van der Waals surface area contributed by atoms with Crippen LogP contribution in [-0.4, -0.2) is 30.1 Å². The standard InChI is InChI=1S/C21H24N2O2/c1-16-11-17(2)13-20(12-16)24-10-9-23(3)14-19-15-25-21(22-19)18-7-5-4-6-8-18/h4-8,11-13,15H,9-10,14H2,1-3H3. The average Bonchev–Trinajstić information content (AvgIpc) is 3.03. The predicted octanol–water partition coefficient (Wildman–Crippen LogP) is 4.47. The van der Waals surface area contributed by atoms with Gasteiger partial charge in [0.15, 0.2) is 0 Å². The van der Waals surface area contributed by atoms with Gasteiger partial charge in [-0.25, -0.2) is 4.98 Å². The maximum Gasteiger partial charge on any atom is 0.226 e. The molecule has 0 aliphatic rings. The lowest BCUT2D eigenvalue weighted by Crippen LogP contribution is -2.24. The van der Waals surface area contributed by atoms with E-state index in [2.05, 4.69) is 49.0 Å². The summed E-state index contributed by atoms with van der Waals surface area (Å²) in [6.45, 7) is 6.36. The normalized spacial score (nSPS) is 11.0. The maximum absolute atomic E-state index is 5.87. The van der Waals surface area contributed by atoms with E-state index < -0.39 is 0 Å². The van der Waals surface area contributed by atoms with Gasteiger partial charge in [-0.05, 0) is 56.3 Å². The summed E-state index contributed by atoms with van der Waals surface area (Å²) < 4.78 is 11.4. The Morgan fingerprint density at radius 3 is 2.48 bits per heavy atom. The van der Waals surface area contributed by atoms with Crippen molar-refractivity contribution in [2.45, 2.75) is 20.4 Å². The molecule has 0 saturated carbocycles. The van der Waals surface area contributed by atoms with E-state index in [1.165, 1.54) is 11.1 Å². The summed E-state index contributed by atoms with van der Waals surface area (Å²) in [7, 11) is 2.06. The van der Waals surface area contributed by atoms with Crippen molar-refractivity contribution in [1.82, 2.24) is 9.88 Å². The van der Waals surface area contributed by atoms with Gasteiger partial charge in [0.05, 0.1) is 5.69 Å². The molecular formula is C21H24N2O2. The van der Waals surface area contributed by atoms with Gasteiger partial charge in [0, 0.05) is 18.7 Å². The number of aromatic nitrogens is 1. The highest BCUT2D eigenvalue weighted by atomic mass is 16.5. The summed E-state index contributed by atoms with van der Waals surface area (Å²) in [5.41, 5.74) is 4.36. The lowest BCUT2D eigenvalue weighted by atomic mass is 10.1. The van der Waals surface area contributed by atoms with Gasteiger partial charge in [-0.15, -0.1) is 0 Å². The number of ether oxygens (including phenoxy) is 1. The van der Waals surface area contributed by atoms with E-state index in [1.54, 1.807) is 6.26 Å². The van der Waals surface area contributed by atoms with Gasteiger partial charge in [0.2, 0.25) is 5.89 Å². The summed E-state index contributed by atoms with van der Waals surface area (Å²) in [4.78, 5) is 6.74. The van der Waals surface area contributed by atoms with Crippen molar-refractivity contribution < 1.29 is 9.15 Å². The molecule has 0 saturated heterocycles. The number of aryl methyl sites for hydroxylation is 2. The van der Waals surface area contributed by atoms with E-state index in [0.29, 0.717) is 12.5 Å². The van der Waals surface area contributed by atoms with Crippen molar-refractivity contribution in [2.24, 2.45) is 0 Å². The summed E-state index contributed by atoms with van der Waals surface area (Å²) in [5.74, 6) is 1.59. The topological polar surface area (TPSA) is 38.5 Å². The second-order valence-electron chi connectivity index (χ2n) is 6.42. The second kappa shape index (κ2) is 7.99. The van der Waals surface area contributed by atoms with Crippen molar-refractivity contribution in [3.05, 3.63) is 71.6 Å². The average molecular weight is 336 g/mol. The molecule has 0 aliphatic carbocycles. The number of hydrogen-bond acceptors (Lipinski definition) is 4. The monoisotopic (exact) mass is 336 g/mol. The van der Waals surface area contributed by atoms with Crippen LogP contribution in [0.3, 0.4) is 0 Å². The van der Waals surface area contributed by atoms with Gasteiger partial charge in [0.25, 0.3) is 0 Å². The molecule has 2 aromatic carbocycles. The van der Waals surface area contributed by atoms with Crippen molar-refractivity contribution >= 4 is 0 Å². The molecule has 4 heteroatoms. The summed E-state index contributed by atoms with van der Waals surface area (Å²) in [5, 5.41) is 0. The lowest BCUT2D eigenvalue weighted by molar-refractivity contribution is 0.231. The van der Waals surface area contributed by atoms with Crippen LogP contribution in [0.25, 0.3) is 11.5 Å². The Morgan fingerprint density at radius 1 is 1.04 bits per heavy atom. The van der Waals surface area contributed by atoms with Gasteiger partial charge in [0.1, 0.15) is 18.6 Å². The molecule has 0 aliphatic heterocycles. The predicted molar refractivity (Wildman–Crippen MR) is 99.7 cm³/mol. The zero-order valence-electron chi connectivity index (χ0n) is 15.0. The smallest absolute Gasteiger partial charge is 0.226 e. The SMILES string of the molecule is Cc1cc(C)cc(OCCN(C)Cc2coc(-c3ccccc3)n2)c1. The second-order valence-corrected chi connectivity index (χ2v) is 6.42. The minimum atomic E-state index is 0.642. The minimum absolute atomic E-state index is 0.642. The summed E-state index contributed by atoms with van der Waals surface area (Å²) in [6, 6.07) is 16.2. The molecular weight excluding hydrogens is 312 g/mol. The maximum atomic E-state index is 5.87. The van der Waals surface area contributed by atoms with Crippen LogP contribution in [0.15, 0.2) is 59.2 Å². The molecule has 0 amide bonds. The summed E-state index contributed by atoms with van der Waals surface area (Å²) in [6.07, 6.45) is 1.73. The van der Waals surface area contributed by atoms with Gasteiger partial charge < -0.3 is 9.15 Å². The van der Waals surface area contributed by atoms with Gasteiger partial charge in [-0.2, -0.15) is 0 Å². The van der Waals surface area contributed by atoms with Crippen molar-refractivity contribution in [1.29, 1.82) is 0 Å². The zero-order valence-corrected chi connectivity index (χ0v) is 15.0. The van der Waals surface area contributed by atoms with Crippen LogP contribution in [0.4, 0.5) is 0 Å². The molecule has 0 spiro atoms. The van der Waals surface area contributed by atoms with Crippen LogP contribution in [0.2, 0.25) is 0 Å². The fourth-order valence-electron chi connectivity index (χ4n) is 2.78. The lowest BCUT2D eigenvalue weighted by Gasteiger charge is -2.15. The van der Waals surface area contributed by atoms with E-state index in [9.17, 15) is 0 Å². The molecule has 4 nitrogen and oxygen atoms in total. The highest BCUT2D eigenvalue weighted by Crippen LogP contribution is 2.19. The first-order valence-electron chi connectivity index (χ1n) is 8.49.